The highest BCUT2D eigenvalue weighted by molar-refractivity contribution is 7.98. The van der Waals surface area contributed by atoms with Crippen LogP contribution in [0.1, 0.15) is 11.1 Å². The lowest BCUT2D eigenvalue weighted by molar-refractivity contribution is 0.122. The number of hydrogen-bond acceptors (Lipinski definition) is 6. The van der Waals surface area contributed by atoms with Crippen molar-refractivity contribution in [2.24, 2.45) is 0 Å². The Balaban J connectivity index is 1.51. The first kappa shape index (κ1) is 19.6. The molecule has 0 spiro atoms. The summed E-state index contributed by atoms with van der Waals surface area (Å²) in [7, 11) is 0. The molecule has 1 aliphatic rings. The van der Waals surface area contributed by atoms with Gasteiger partial charge < -0.3 is 14.0 Å². The summed E-state index contributed by atoms with van der Waals surface area (Å²) in [5.41, 5.74) is 3.11. The predicted octanol–water partition coefficient (Wildman–Crippen LogP) is 3.66. The number of halogens is 1. The van der Waals surface area contributed by atoms with Gasteiger partial charge in [-0.15, -0.1) is 10.2 Å². The Morgan fingerprint density at radius 1 is 1.13 bits per heavy atom. The Labute approximate surface area is 182 Å². The third-order valence-electron chi connectivity index (χ3n) is 5.21. The molecule has 1 aliphatic heterocycles. The number of rotatable bonds is 5. The van der Waals surface area contributed by atoms with Crippen LogP contribution in [0.2, 0.25) is 0 Å². The molecule has 31 heavy (non-hydrogen) atoms. The van der Waals surface area contributed by atoms with Gasteiger partial charge in [0.25, 0.3) is 0 Å². The molecule has 0 amide bonds. The Morgan fingerprint density at radius 3 is 2.81 bits per heavy atom. The SMILES string of the molecule is N#Cc1c(CSc2nnc(N3CCOCC3)n2-c2cccc(F)c2)cn2ccccc12. The van der Waals surface area contributed by atoms with E-state index < -0.39 is 0 Å². The molecule has 0 bridgehead atoms. The molecule has 0 saturated carbocycles. The van der Waals surface area contributed by atoms with Crippen molar-refractivity contribution in [3.05, 3.63) is 71.8 Å². The summed E-state index contributed by atoms with van der Waals surface area (Å²) >= 11 is 1.47. The molecule has 5 rings (SSSR count). The molecule has 4 aromatic rings. The third kappa shape index (κ3) is 3.76. The van der Waals surface area contributed by atoms with Crippen LogP contribution >= 0.6 is 11.8 Å². The van der Waals surface area contributed by atoms with E-state index in [1.165, 1.54) is 23.9 Å². The Morgan fingerprint density at radius 2 is 2.00 bits per heavy atom. The number of pyridine rings is 1. The maximum absolute atomic E-state index is 14.0. The largest absolute Gasteiger partial charge is 0.378 e. The predicted molar refractivity (Wildman–Crippen MR) is 116 cm³/mol. The van der Waals surface area contributed by atoms with Crippen molar-refractivity contribution in [2.45, 2.75) is 10.9 Å². The van der Waals surface area contributed by atoms with E-state index >= 15 is 0 Å². The number of thioether (sulfide) groups is 1. The third-order valence-corrected chi connectivity index (χ3v) is 6.19. The topological polar surface area (TPSA) is 71.4 Å². The van der Waals surface area contributed by atoms with Crippen molar-refractivity contribution < 1.29 is 9.13 Å². The van der Waals surface area contributed by atoms with E-state index in [-0.39, 0.29) is 5.82 Å². The van der Waals surface area contributed by atoms with Crippen LogP contribution in [0.4, 0.5) is 10.3 Å². The maximum Gasteiger partial charge on any atom is 0.232 e. The number of aromatic nitrogens is 4. The fourth-order valence-corrected chi connectivity index (χ4v) is 4.64. The molecule has 1 fully saturated rings. The van der Waals surface area contributed by atoms with Crippen LogP contribution in [0.15, 0.2) is 60.0 Å². The molecule has 7 nitrogen and oxygen atoms in total. The fraction of sp³-hybridized carbons (Fsp3) is 0.227. The zero-order valence-electron chi connectivity index (χ0n) is 16.6. The van der Waals surface area contributed by atoms with E-state index in [4.69, 9.17) is 4.74 Å². The highest BCUT2D eigenvalue weighted by Gasteiger charge is 2.22. The van der Waals surface area contributed by atoms with Gasteiger partial charge in [-0.3, -0.25) is 4.57 Å². The van der Waals surface area contributed by atoms with Gasteiger partial charge in [0.05, 0.1) is 30.0 Å². The number of fused-ring (bicyclic) bond motifs is 1. The van der Waals surface area contributed by atoms with Gasteiger partial charge in [0, 0.05) is 31.2 Å². The summed E-state index contributed by atoms with van der Waals surface area (Å²) in [5, 5.41) is 19.1. The van der Waals surface area contributed by atoms with Crippen LogP contribution in [0.5, 0.6) is 0 Å². The highest BCUT2D eigenvalue weighted by atomic mass is 32.2. The minimum absolute atomic E-state index is 0.319. The van der Waals surface area contributed by atoms with Crippen molar-refractivity contribution >= 4 is 23.2 Å². The molecule has 0 radical (unpaired) electrons. The second-order valence-corrected chi connectivity index (χ2v) is 8.06. The van der Waals surface area contributed by atoms with Crippen molar-refractivity contribution in [1.29, 1.82) is 5.26 Å². The number of nitriles is 1. The summed E-state index contributed by atoms with van der Waals surface area (Å²) in [6.45, 7) is 2.62. The highest BCUT2D eigenvalue weighted by Crippen LogP contribution is 2.31. The van der Waals surface area contributed by atoms with E-state index in [0.29, 0.717) is 54.4 Å². The summed E-state index contributed by atoms with van der Waals surface area (Å²) < 4.78 is 23.3. The maximum atomic E-state index is 14.0. The minimum atomic E-state index is -0.319. The normalized spacial score (nSPS) is 14.1. The zero-order chi connectivity index (χ0) is 21.2. The van der Waals surface area contributed by atoms with E-state index in [0.717, 1.165) is 11.1 Å². The summed E-state index contributed by atoms with van der Waals surface area (Å²) in [4.78, 5) is 2.10. The van der Waals surface area contributed by atoms with Gasteiger partial charge in [-0.2, -0.15) is 5.26 Å². The number of benzene rings is 1. The van der Waals surface area contributed by atoms with Gasteiger partial charge in [-0.25, -0.2) is 4.39 Å². The van der Waals surface area contributed by atoms with Crippen molar-refractivity contribution in [3.63, 3.8) is 0 Å². The standard InChI is InChI=1S/C22H19FN6OS/c23-17-4-3-5-18(12-17)29-21(27-8-10-30-11-9-27)25-26-22(29)31-15-16-14-28-7-2-1-6-20(28)19(16)13-24/h1-7,12,14H,8-11,15H2. The molecule has 9 heteroatoms. The van der Waals surface area contributed by atoms with E-state index in [1.807, 2.05) is 45.6 Å². The minimum Gasteiger partial charge on any atom is -0.378 e. The van der Waals surface area contributed by atoms with Gasteiger partial charge in [0.2, 0.25) is 5.95 Å². The second-order valence-electron chi connectivity index (χ2n) is 7.12. The van der Waals surface area contributed by atoms with Gasteiger partial charge >= 0.3 is 0 Å². The zero-order valence-corrected chi connectivity index (χ0v) is 17.4. The molecular weight excluding hydrogens is 415 g/mol. The molecule has 0 N–H and O–H groups in total. The number of nitrogens with zero attached hydrogens (tertiary/aromatic N) is 6. The Bertz CT molecular complexity index is 1270. The van der Waals surface area contributed by atoms with Gasteiger partial charge in [-0.1, -0.05) is 23.9 Å². The van der Waals surface area contributed by atoms with E-state index in [2.05, 4.69) is 21.2 Å². The van der Waals surface area contributed by atoms with Gasteiger partial charge in [0.1, 0.15) is 11.9 Å². The molecule has 3 aromatic heterocycles. The summed E-state index contributed by atoms with van der Waals surface area (Å²) in [6.07, 6.45) is 3.89. The van der Waals surface area contributed by atoms with Crippen LogP contribution < -0.4 is 4.90 Å². The molecular formula is C22H19FN6OS. The number of ether oxygens (including phenoxy) is 1. The second kappa shape index (κ2) is 8.41. The smallest absolute Gasteiger partial charge is 0.232 e. The summed E-state index contributed by atoms with van der Waals surface area (Å²) in [6, 6.07) is 14.5. The lowest BCUT2D eigenvalue weighted by atomic mass is 10.2. The van der Waals surface area contributed by atoms with E-state index in [9.17, 15) is 9.65 Å². The van der Waals surface area contributed by atoms with Crippen molar-refractivity contribution in [1.82, 2.24) is 19.2 Å². The van der Waals surface area contributed by atoms with Crippen LogP contribution in [-0.4, -0.2) is 45.5 Å². The van der Waals surface area contributed by atoms with Gasteiger partial charge in [-0.05, 0) is 35.9 Å². The van der Waals surface area contributed by atoms with Crippen LogP contribution in [0, 0.1) is 17.1 Å². The Hall–Kier alpha value is -3.35. The first-order chi connectivity index (χ1) is 15.2. The molecule has 0 aliphatic carbocycles. The Kier molecular flexibility index (Phi) is 5.32. The number of morpholine rings is 1. The quantitative estimate of drug-likeness (QED) is 0.447. The van der Waals surface area contributed by atoms with Crippen LogP contribution in [0.3, 0.4) is 0 Å². The lowest BCUT2D eigenvalue weighted by Crippen LogP contribution is -2.37. The molecule has 156 valence electrons. The molecule has 1 aromatic carbocycles. The summed E-state index contributed by atoms with van der Waals surface area (Å²) in [5.74, 6) is 0.890. The molecule has 4 heterocycles. The van der Waals surface area contributed by atoms with E-state index in [1.54, 1.807) is 6.07 Å². The monoisotopic (exact) mass is 434 g/mol. The van der Waals surface area contributed by atoms with Crippen molar-refractivity contribution in [3.8, 4) is 11.8 Å². The first-order valence-corrected chi connectivity index (χ1v) is 10.9. The average Bonchev–Trinajstić information content (AvgIpc) is 3.39. The molecule has 0 atom stereocenters. The van der Waals surface area contributed by atoms with Gasteiger partial charge in [0.15, 0.2) is 5.16 Å². The van der Waals surface area contributed by atoms with Crippen molar-refractivity contribution in [2.75, 3.05) is 31.2 Å². The first-order valence-electron chi connectivity index (χ1n) is 9.90. The lowest BCUT2D eigenvalue weighted by Gasteiger charge is -2.27. The number of anilines is 1. The van der Waals surface area contributed by atoms with Crippen LogP contribution in [-0.2, 0) is 10.5 Å². The molecule has 0 unspecified atom stereocenters. The fourth-order valence-electron chi connectivity index (χ4n) is 3.72. The van der Waals surface area contributed by atoms with Crippen LogP contribution in [0.25, 0.3) is 11.2 Å². The molecule has 1 saturated heterocycles. The average molecular weight is 435 g/mol. The number of hydrogen-bond donors (Lipinski definition) is 0.